The summed E-state index contributed by atoms with van der Waals surface area (Å²) in [6.45, 7) is 20.8. The molecule has 4 heteroatoms. The molecule has 2 aliphatic heterocycles. The van der Waals surface area contributed by atoms with Gasteiger partial charge in [-0.25, -0.2) is 0 Å². The van der Waals surface area contributed by atoms with Crippen molar-refractivity contribution in [2.24, 2.45) is 0 Å². The molecule has 0 saturated carbocycles. The molecule has 9 aromatic carbocycles. The Labute approximate surface area is 448 Å². The Bertz CT molecular complexity index is 3910. The molecule has 0 saturated heterocycles. The van der Waals surface area contributed by atoms with Crippen LogP contribution < -0.4 is 25.5 Å². The van der Waals surface area contributed by atoms with Gasteiger partial charge in [0.25, 0.3) is 6.71 Å². The van der Waals surface area contributed by atoms with Crippen LogP contribution in [0.25, 0.3) is 44.5 Å². The van der Waals surface area contributed by atoms with Crippen LogP contribution in [0.5, 0.6) is 0 Å². The summed E-state index contributed by atoms with van der Waals surface area (Å²) in [6.07, 6.45) is 0. The SMILES string of the molecule is Cc1cc2c3c(c1)N(c1ccc(C(C)(C)C)cc1)c1c(sc4c1-c1ccc(C(C)C)cc1C41c4ccccc4-c4ccccc41)B3c1ccc(-c3ccccc3-c3ccccc3)cc1N2c1ccc(C(C)(C)C)cc1. The van der Waals surface area contributed by atoms with Crippen LogP contribution in [0.15, 0.2) is 200 Å². The number of rotatable bonds is 5. The van der Waals surface area contributed by atoms with Gasteiger partial charge >= 0.3 is 0 Å². The predicted octanol–water partition coefficient (Wildman–Crippen LogP) is 17.5. The number of nitrogens with zero attached hydrogens (tertiary/aromatic N) is 2. The zero-order valence-corrected chi connectivity index (χ0v) is 45.3. The summed E-state index contributed by atoms with van der Waals surface area (Å²) in [5.41, 5.74) is 29.3. The van der Waals surface area contributed by atoms with E-state index in [2.05, 4.69) is 284 Å². The van der Waals surface area contributed by atoms with E-state index in [1.54, 1.807) is 0 Å². The lowest BCUT2D eigenvalue weighted by atomic mass is 9.36. The van der Waals surface area contributed by atoms with Gasteiger partial charge in [0, 0.05) is 43.7 Å². The third-order valence-electron chi connectivity index (χ3n) is 17.0. The van der Waals surface area contributed by atoms with E-state index in [0.717, 1.165) is 5.69 Å². The molecule has 10 aromatic rings. The fraction of sp³-hybridized carbons (Fsp3) is 0.183. The van der Waals surface area contributed by atoms with E-state index in [0.29, 0.717) is 5.92 Å². The van der Waals surface area contributed by atoms with Gasteiger partial charge in [-0.3, -0.25) is 0 Å². The zero-order valence-electron chi connectivity index (χ0n) is 44.5. The van der Waals surface area contributed by atoms with Crippen molar-refractivity contribution < 1.29 is 0 Å². The Morgan fingerprint density at radius 2 is 1.00 bits per heavy atom. The summed E-state index contributed by atoms with van der Waals surface area (Å²) in [5.74, 6) is 0.383. The first kappa shape index (κ1) is 45.9. The fourth-order valence-electron chi connectivity index (χ4n) is 13.3. The van der Waals surface area contributed by atoms with Crippen LogP contribution in [0.1, 0.15) is 105 Å². The smallest absolute Gasteiger partial charge is 0.264 e. The van der Waals surface area contributed by atoms with Crippen molar-refractivity contribution in [1.29, 1.82) is 0 Å². The Balaban J connectivity index is 1.10. The van der Waals surface area contributed by atoms with E-state index in [4.69, 9.17) is 0 Å². The second-order valence-electron chi connectivity index (χ2n) is 23.9. The average Bonchev–Trinajstić information content (AvgIpc) is 4.14. The zero-order chi connectivity index (χ0) is 51.3. The van der Waals surface area contributed by atoms with Crippen molar-refractivity contribution in [3.8, 4) is 44.5 Å². The third kappa shape index (κ3) is 6.64. The number of hydrogen-bond donors (Lipinski definition) is 0. The van der Waals surface area contributed by atoms with Crippen molar-refractivity contribution in [3.63, 3.8) is 0 Å². The molecule has 0 unspecified atom stereocenters. The summed E-state index contributed by atoms with van der Waals surface area (Å²) < 4.78 is 1.40. The van der Waals surface area contributed by atoms with Gasteiger partial charge in [0.2, 0.25) is 0 Å². The van der Waals surface area contributed by atoms with Gasteiger partial charge in [-0.05, 0) is 155 Å². The minimum atomic E-state index is -0.485. The molecular formula is C71H61BN2S. The lowest BCUT2D eigenvalue weighted by molar-refractivity contribution is 0.590. The Kier molecular flexibility index (Phi) is 10.1. The second kappa shape index (κ2) is 16.4. The second-order valence-corrected chi connectivity index (χ2v) is 25.0. The van der Waals surface area contributed by atoms with Gasteiger partial charge in [-0.1, -0.05) is 213 Å². The molecule has 14 rings (SSSR count). The molecular weight excluding hydrogens is 924 g/mol. The normalized spacial score (nSPS) is 14.3. The van der Waals surface area contributed by atoms with Gasteiger partial charge in [0.1, 0.15) is 0 Å². The number of aryl methyl sites for hydroxylation is 1. The molecule has 4 aliphatic rings. The van der Waals surface area contributed by atoms with E-state index < -0.39 is 5.41 Å². The Hall–Kier alpha value is -7.66. The number of fused-ring (bicyclic) bond motifs is 15. The molecule has 0 bridgehead atoms. The number of hydrogen-bond acceptors (Lipinski definition) is 3. The van der Waals surface area contributed by atoms with Crippen LogP contribution in [0.3, 0.4) is 0 Å². The molecule has 0 radical (unpaired) electrons. The van der Waals surface area contributed by atoms with E-state index in [1.807, 2.05) is 0 Å². The van der Waals surface area contributed by atoms with E-state index >= 15 is 0 Å². The van der Waals surface area contributed by atoms with Crippen LogP contribution in [-0.2, 0) is 16.2 Å². The molecule has 0 N–H and O–H groups in total. The molecule has 1 spiro atoms. The quantitative estimate of drug-likeness (QED) is 0.159. The van der Waals surface area contributed by atoms with E-state index in [1.165, 1.54) is 132 Å². The van der Waals surface area contributed by atoms with Crippen LogP contribution >= 0.6 is 11.3 Å². The minimum Gasteiger partial charge on any atom is -0.311 e. The summed E-state index contributed by atoms with van der Waals surface area (Å²) in [7, 11) is 0. The van der Waals surface area contributed by atoms with E-state index in [9.17, 15) is 0 Å². The Morgan fingerprint density at radius 1 is 0.467 bits per heavy atom. The van der Waals surface area contributed by atoms with Crippen molar-refractivity contribution in [1.82, 2.24) is 0 Å². The Morgan fingerprint density at radius 3 is 1.59 bits per heavy atom. The number of benzene rings is 9. The van der Waals surface area contributed by atoms with Crippen molar-refractivity contribution in [3.05, 3.63) is 244 Å². The van der Waals surface area contributed by atoms with Gasteiger partial charge in [-0.15, -0.1) is 11.3 Å². The van der Waals surface area contributed by atoms with Crippen LogP contribution in [0, 0.1) is 6.92 Å². The van der Waals surface area contributed by atoms with Crippen molar-refractivity contribution >= 4 is 67.9 Å². The first-order valence-electron chi connectivity index (χ1n) is 27.0. The largest absolute Gasteiger partial charge is 0.311 e. The minimum absolute atomic E-state index is 0.0126. The van der Waals surface area contributed by atoms with Gasteiger partial charge in [0.15, 0.2) is 0 Å². The topological polar surface area (TPSA) is 6.48 Å². The monoisotopic (exact) mass is 984 g/mol. The van der Waals surface area contributed by atoms with Crippen LogP contribution in [0.4, 0.5) is 34.1 Å². The first-order valence-corrected chi connectivity index (χ1v) is 27.8. The average molecular weight is 985 g/mol. The summed E-state index contributed by atoms with van der Waals surface area (Å²) in [4.78, 5) is 6.71. The lowest BCUT2D eigenvalue weighted by Crippen LogP contribution is -2.60. The van der Waals surface area contributed by atoms with Crippen LogP contribution in [0.2, 0.25) is 0 Å². The highest BCUT2D eigenvalue weighted by atomic mass is 32.1. The molecule has 364 valence electrons. The highest BCUT2D eigenvalue weighted by molar-refractivity contribution is 7.30. The number of thiophene rings is 1. The number of anilines is 6. The molecule has 2 nitrogen and oxygen atoms in total. The molecule has 0 fully saturated rings. The van der Waals surface area contributed by atoms with Gasteiger partial charge in [0.05, 0.1) is 11.1 Å². The highest BCUT2D eigenvalue weighted by Gasteiger charge is 2.57. The predicted molar refractivity (Wildman–Crippen MR) is 322 cm³/mol. The first-order chi connectivity index (χ1) is 36.2. The van der Waals surface area contributed by atoms with Gasteiger partial charge in [-0.2, -0.15) is 0 Å². The molecule has 0 amide bonds. The highest BCUT2D eigenvalue weighted by Crippen LogP contribution is 2.67. The van der Waals surface area contributed by atoms with Crippen molar-refractivity contribution in [2.75, 3.05) is 9.80 Å². The maximum Gasteiger partial charge on any atom is 0.264 e. The summed E-state index contributed by atoms with van der Waals surface area (Å²) in [5, 5.41) is 0. The van der Waals surface area contributed by atoms with E-state index in [-0.39, 0.29) is 17.5 Å². The molecule has 3 heterocycles. The summed E-state index contributed by atoms with van der Waals surface area (Å²) >= 11 is 2.07. The van der Waals surface area contributed by atoms with Gasteiger partial charge < -0.3 is 9.80 Å². The fourth-order valence-corrected chi connectivity index (χ4v) is 15.0. The molecule has 0 atom stereocenters. The molecule has 2 aliphatic carbocycles. The molecule has 75 heavy (non-hydrogen) atoms. The third-order valence-corrected chi connectivity index (χ3v) is 18.4. The standard InChI is InChI=1S/C71H61BN2S/c1-43(2)46-27-37-56-59(41-46)71(57-25-17-15-23-54(57)55-24-16-18-26-58(55)71)67-64(56)66-68(75-67)72-60-38-28-47(53-22-14-13-21-52(53)45-19-11-10-12-20-45)42-61(60)73(50-33-29-48(30-34-50)69(4,5)6)62-39-44(3)40-63(65(62)72)74(66)51-35-31-49(32-36-51)70(7,8)9/h10-43H,1-9H3. The maximum absolute atomic E-state index is 2.68. The summed E-state index contributed by atoms with van der Waals surface area (Å²) in [6, 6.07) is 77.2. The van der Waals surface area contributed by atoms with Crippen molar-refractivity contribution in [2.45, 2.75) is 84.5 Å². The van der Waals surface area contributed by atoms with Crippen LogP contribution in [-0.4, -0.2) is 6.71 Å². The lowest BCUT2D eigenvalue weighted by Gasteiger charge is -2.44. The molecule has 1 aromatic heterocycles. The maximum atomic E-state index is 2.68.